The minimum atomic E-state index is 0.123. The summed E-state index contributed by atoms with van der Waals surface area (Å²) in [6, 6.07) is 0. The van der Waals surface area contributed by atoms with Crippen molar-refractivity contribution in [3.8, 4) is 0 Å². The van der Waals surface area contributed by atoms with Gasteiger partial charge in [-0.05, 0) is 24.7 Å². The van der Waals surface area contributed by atoms with Crippen molar-refractivity contribution in [3.05, 3.63) is 0 Å². The smallest absolute Gasteiger partial charge is 0.223 e. The monoisotopic (exact) mass is 289 g/mol. The van der Waals surface area contributed by atoms with E-state index in [9.17, 15) is 4.79 Å². The van der Waals surface area contributed by atoms with Gasteiger partial charge in [0.05, 0.1) is 0 Å². The van der Waals surface area contributed by atoms with Crippen LogP contribution in [0.15, 0.2) is 0 Å². The predicted octanol–water partition coefficient (Wildman–Crippen LogP) is 3.35. The highest BCUT2D eigenvalue weighted by atomic mass is 79.9. The lowest BCUT2D eigenvalue weighted by Gasteiger charge is -2.28. The largest absolute Gasteiger partial charge is 0.356 e. The lowest BCUT2D eigenvalue weighted by Crippen LogP contribution is -2.38. The molecule has 0 saturated heterocycles. The van der Waals surface area contributed by atoms with E-state index in [0.717, 1.165) is 6.54 Å². The second-order valence-electron chi connectivity index (χ2n) is 5.34. The van der Waals surface area contributed by atoms with Gasteiger partial charge < -0.3 is 5.32 Å². The molecule has 2 nitrogen and oxygen atoms in total. The maximum absolute atomic E-state index is 11.8. The maximum Gasteiger partial charge on any atom is 0.223 e. The fourth-order valence-corrected chi connectivity index (χ4v) is 2.86. The highest BCUT2D eigenvalue weighted by molar-refractivity contribution is 9.09. The fourth-order valence-electron chi connectivity index (χ4n) is 2.09. The maximum atomic E-state index is 11.8. The minimum absolute atomic E-state index is 0.123. The summed E-state index contributed by atoms with van der Waals surface area (Å²) in [5, 5.41) is 3.09. The normalized spacial score (nSPS) is 27.8. The first kappa shape index (κ1) is 14.0. The van der Waals surface area contributed by atoms with Crippen molar-refractivity contribution < 1.29 is 4.79 Å². The summed E-state index contributed by atoms with van der Waals surface area (Å²) in [4.78, 5) is 12.4. The molecule has 1 amide bonds. The highest BCUT2D eigenvalue weighted by Gasteiger charge is 2.24. The third-order valence-electron chi connectivity index (χ3n) is 3.77. The van der Waals surface area contributed by atoms with E-state index in [0.29, 0.717) is 16.7 Å². The third kappa shape index (κ3) is 4.08. The van der Waals surface area contributed by atoms with Crippen molar-refractivity contribution >= 4 is 21.8 Å². The molecule has 0 aromatic heterocycles. The number of carbonyl (C=O) groups excluding carboxylic acids is 1. The van der Waals surface area contributed by atoms with Crippen LogP contribution in [0.4, 0.5) is 0 Å². The summed E-state index contributed by atoms with van der Waals surface area (Å²) >= 11 is 3.72. The molecule has 0 aliphatic heterocycles. The molecule has 0 bridgehead atoms. The Labute approximate surface area is 108 Å². The molecule has 1 saturated carbocycles. The van der Waals surface area contributed by atoms with Crippen LogP contribution in [0.1, 0.15) is 46.5 Å². The Kier molecular flexibility index (Phi) is 5.81. The Morgan fingerprint density at radius 2 is 1.94 bits per heavy atom. The number of rotatable bonds is 4. The van der Waals surface area contributed by atoms with Crippen LogP contribution in [0.2, 0.25) is 0 Å². The van der Waals surface area contributed by atoms with E-state index < -0.39 is 0 Å². The molecule has 1 rings (SSSR count). The van der Waals surface area contributed by atoms with Crippen LogP contribution < -0.4 is 5.32 Å². The summed E-state index contributed by atoms with van der Waals surface area (Å²) in [5.41, 5.74) is 0. The van der Waals surface area contributed by atoms with Crippen molar-refractivity contribution in [2.45, 2.75) is 51.3 Å². The van der Waals surface area contributed by atoms with E-state index >= 15 is 0 Å². The highest BCUT2D eigenvalue weighted by Crippen LogP contribution is 2.29. The van der Waals surface area contributed by atoms with Gasteiger partial charge in [0.15, 0.2) is 0 Å². The average Bonchev–Trinajstić information content (AvgIpc) is 2.26. The standard InChI is InChI=1S/C13H24BrNO/c1-9(2)10(3)13(16)15-8-11-6-4-5-7-12(11)14/h9-12H,4-8H2,1-3H3,(H,15,16). The molecule has 0 aromatic carbocycles. The van der Waals surface area contributed by atoms with Gasteiger partial charge in [-0.15, -0.1) is 0 Å². The number of hydrogen-bond acceptors (Lipinski definition) is 1. The van der Waals surface area contributed by atoms with Gasteiger partial charge >= 0.3 is 0 Å². The summed E-state index contributed by atoms with van der Waals surface area (Å²) < 4.78 is 0. The number of carbonyl (C=O) groups is 1. The fraction of sp³-hybridized carbons (Fsp3) is 0.923. The lowest BCUT2D eigenvalue weighted by molar-refractivity contribution is -0.125. The van der Waals surface area contributed by atoms with E-state index in [-0.39, 0.29) is 11.8 Å². The summed E-state index contributed by atoms with van der Waals surface area (Å²) in [7, 11) is 0. The van der Waals surface area contributed by atoms with E-state index in [1.807, 2.05) is 6.92 Å². The SMILES string of the molecule is CC(C)C(C)C(=O)NCC1CCCCC1Br. The van der Waals surface area contributed by atoms with Crippen LogP contribution in [0.5, 0.6) is 0 Å². The van der Waals surface area contributed by atoms with Crippen LogP contribution in [0.3, 0.4) is 0 Å². The van der Waals surface area contributed by atoms with Crippen LogP contribution in [0.25, 0.3) is 0 Å². The van der Waals surface area contributed by atoms with Crippen LogP contribution in [-0.4, -0.2) is 17.3 Å². The molecule has 3 heteroatoms. The molecule has 0 spiro atoms. The van der Waals surface area contributed by atoms with E-state index in [1.165, 1.54) is 25.7 Å². The first-order valence-corrected chi connectivity index (χ1v) is 7.35. The second-order valence-corrected chi connectivity index (χ2v) is 6.51. The quantitative estimate of drug-likeness (QED) is 0.790. The van der Waals surface area contributed by atoms with E-state index in [2.05, 4.69) is 35.1 Å². The van der Waals surface area contributed by atoms with Gasteiger partial charge in [-0.25, -0.2) is 0 Å². The molecular weight excluding hydrogens is 266 g/mol. The average molecular weight is 290 g/mol. The molecule has 3 unspecified atom stereocenters. The topological polar surface area (TPSA) is 29.1 Å². The van der Waals surface area contributed by atoms with E-state index in [1.54, 1.807) is 0 Å². The van der Waals surface area contributed by atoms with E-state index in [4.69, 9.17) is 0 Å². The summed E-state index contributed by atoms with van der Waals surface area (Å²) in [6.07, 6.45) is 5.12. The predicted molar refractivity (Wildman–Crippen MR) is 71.7 cm³/mol. The van der Waals surface area contributed by atoms with Gasteiger partial charge in [0.2, 0.25) is 5.91 Å². The Morgan fingerprint density at radius 3 is 2.50 bits per heavy atom. The van der Waals surface area contributed by atoms with Crippen LogP contribution in [0, 0.1) is 17.8 Å². The number of halogens is 1. The molecule has 3 atom stereocenters. The Hall–Kier alpha value is -0.0500. The van der Waals surface area contributed by atoms with Gasteiger partial charge in [-0.1, -0.05) is 49.5 Å². The molecule has 1 fully saturated rings. The Bertz CT molecular complexity index is 230. The molecular formula is C13H24BrNO. The summed E-state index contributed by atoms with van der Waals surface area (Å²) in [6.45, 7) is 7.04. The second kappa shape index (κ2) is 6.63. The van der Waals surface area contributed by atoms with Crippen LogP contribution in [-0.2, 0) is 4.79 Å². The third-order valence-corrected chi connectivity index (χ3v) is 4.97. The zero-order valence-corrected chi connectivity index (χ0v) is 12.2. The molecule has 1 aliphatic carbocycles. The lowest BCUT2D eigenvalue weighted by atomic mass is 9.89. The zero-order valence-electron chi connectivity index (χ0n) is 10.6. The number of hydrogen-bond donors (Lipinski definition) is 1. The molecule has 1 N–H and O–H groups in total. The molecule has 16 heavy (non-hydrogen) atoms. The Balaban J connectivity index is 2.30. The van der Waals surface area contributed by atoms with Gasteiger partial charge in [-0.3, -0.25) is 4.79 Å². The molecule has 0 aromatic rings. The molecule has 94 valence electrons. The summed E-state index contributed by atoms with van der Waals surface area (Å²) in [5.74, 6) is 1.38. The zero-order chi connectivity index (χ0) is 12.1. The van der Waals surface area contributed by atoms with Crippen LogP contribution >= 0.6 is 15.9 Å². The van der Waals surface area contributed by atoms with Crippen molar-refractivity contribution in [2.75, 3.05) is 6.54 Å². The van der Waals surface area contributed by atoms with Crippen molar-refractivity contribution in [1.82, 2.24) is 5.32 Å². The molecule has 0 radical (unpaired) electrons. The van der Waals surface area contributed by atoms with Crippen molar-refractivity contribution in [2.24, 2.45) is 17.8 Å². The van der Waals surface area contributed by atoms with Crippen molar-refractivity contribution in [1.29, 1.82) is 0 Å². The van der Waals surface area contributed by atoms with Gasteiger partial charge in [0.25, 0.3) is 0 Å². The molecule has 0 heterocycles. The Morgan fingerprint density at radius 1 is 1.31 bits per heavy atom. The minimum Gasteiger partial charge on any atom is -0.356 e. The first-order chi connectivity index (χ1) is 7.52. The first-order valence-electron chi connectivity index (χ1n) is 6.44. The molecule has 1 aliphatic rings. The van der Waals surface area contributed by atoms with Gasteiger partial charge in [0.1, 0.15) is 0 Å². The number of amides is 1. The number of alkyl halides is 1. The van der Waals surface area contributed by atoms with Gasteiger partial charge in [-0.2, -0.15) is 0 Å². The van der Waals surface area contributed by atoms with Crippen molar-refractivity contribution in [3.63, 3.8) is 0 Å². The van der Waals surface area contributed by atoms with Gasteiger partial charge in [0, 0.05) is 17.3 Å². The number of nitrogens with one attached hydrogen (secondary N) is 1.